The first-order valence-electron chi connectivity index (χ1n) is 7.20. The second kappa shape index (κ2) is 6.20. The van der Waals surface area contributed by atoms with E-state index in [0.29, 0.717) is 0 Å². The first-order valence-corrected chi connectivity index (χ1v) is 7.20. The summed E-state index contributed by atoms with van der Waals surface area (Å²) < 4.78 is 0. The van der Waals surface area contributed by atoms with Gasteiger partial charge >= 0.3 is 0 Å². The third kappa shape index (κ3) is 3.35. The Balaban J connectivity index is 2.34. The van der Waals surface area contributed by atoms with Crippen LogP contribution in [0.15, 0.2) is 17.7 Å². The number of hydrogen-bond donors (Lipinski definition) is 1. The number of rotatable bonds is 4. The van der Waals surface area contributed by atoms with Crippen LogP contribution in [-0.4, -0.2) is 24.6 Å². The molecule has 0 fully saturated rings. The summed E-state index contributed by atoms with van der Waals surface area (Å²) in [5.74, 6) is 1.17. The molecule has 0 aliphatic carbocycles. The molecule has 3 nitrogen and oxygen atoms in total. The van der Waals surface area contributed by atoms with Crippen molar-refractivity contribution in [3.05, 3.63) is 34.5 Å². The van der Waals surface area contributed by atoms with E-state index in [9.17, 15) is 0 Å². The molecule has 1 N–H and O–H groups in total. The fourth-order valence-electron chi connectivity index (χ4n) is 2.67. The Hall–Kier alpha value is -1.35. The lowest BCUT2D eigenvalue weighted by Gasteiger charge is -2.30. The van der Waals surface area contributed by atoms with Crippen molar-refractivity contribution in [2.45, 2.75) is 40.7 Å². The van der Waals surface area contributed by atoms with Crippen LogP contribution in [0.2, 0.25) is 0 Å². The second-order valence-corrected chi connectivity index (χ2v) is 5.42. The van der Waals surface area contributed by atoms with Crippen LogP contribution < -0.4 is 10.2 Å². The first kappa shape index (κ1) is 14.1. The molecule has 104 valence electrons. The van der Waals surface area contributed by atoms with Crippen molar-refractivity contribution in [1.82, 2.24) is 10.3 Å². The lowest BCUT2D eigenvalue weighted by Crippen LogP contribution is -2.32. The second-order valence-electron chi connectivity index (χ2n) is 5.42. The van der Waals surface area contributed by atoms with E-state index >= 15 is 0 Å². The number of aryl methyl sites for hydroxylation is 2. The summed E-state index contributed by atoms with van der Waals surface area (Å²) >= 11 is 0. The van der Waals surface area contributed by atoms with E-state index in [2.05, 4.69) is 50.1 Å². The fourth-order valence-corrected chi connectivity index (χ4v) is 2.67. The number of aromatic nitrogens is 1. The van der Waals surface area contributed by atoms with Gasteiger partial charge in [-0.1, -0.05) is 18.6 Å². The zero-order valence-electron chi connectivity index (χ0n) is 12.6. The summed E-state index contributed by atoms with van der Waals surface area (Å²) in [6.07, 6.45) is 3.46. The van der Waals surface area contributed by atoms with Crippen molar-refractivity contribution in [2.75, 3.05) is 24.5 Å². The molecule has 2 heterocycles. The van der Waals surface area contributed by atoms with Crippen LogP contribution in [0.1, 0.15) is 37.1 Å². The van der Waals surface area contributed by atoms with E-state index < -0.39 is 0 Å². The van der Waals surface area contributed by atoms with Crippen molar-refractivity contribution in [3.63, 3.8) is 0 Å². The molecule has 0 spiro atoms. The number of hydrogen-bond acceptors (Lipinski definition) is 3. The van der Waals surface area contributed by atoms with E-state index in [4.69, 9.17) is 4.98 Å². The van der Waals surface area contributed by atoms with Crippen LogP contribution in [0.5, 0.6) is 0 Å². The van der Waals surface area contributed by atoms with Gasteiger partial charge in [-0.05, 0) is 45.4 Å². The van der Waals surface area contributed by atoms with E-state index in [1.54, 1.807) is 0 Å². The van der Waals surface area contributed by atoms with Crippen LogP contribution in [0, 0.1) is 13.8 Å². The molecule has 0 atom stereocenters. The summed E-state index contributed by atoms with van der Waals surface area (Å²) in [5.41, 5.74) is 5.25. The van der Waals surface area contributed by atoms with E-state index in [0.717, 1.165) is 38.3 Å². The molecule has 0 bridgehead atoms. The summed E-state index contributed by atoms with van der Waals surface area (Å²) in [6, 6.07) is 2.18. The highest BCUT2D eigenvalue weighted by atomic mass is 15.2. The fraction of sp³-hybridized carbons (Fsp3) is 0.562. The molecule has 1 aliphatic rings. The van der Waals surface area contributed by atoms with Crippen LogP contribution >= 0.6 is 0 Å². The van der Waals surface area contributed by atoms with E-state index in [1.807, 2.05) is 0 Å². The van der Waals surface area contributed by atoms with Crippen molar-refractivity contribution >= 4 is 5.82 Å². The average molecular weight is 259 g/mol. The largest absolute Gasteiger partial charge is 0.352 e. The molecule has 0 aromatic carbocycles. The molecule has 0 saturated heterocycles. The third-order valence-corrected chi connectivity index (χ3v) is 3.64. The molecule has 0 amide bonds. The molecule has 1 aromatic heterocycles. The Bertz CT molecular complexity index is 477. The van der Waals surface area contributed by atoms with Crippen LogP contribution in [0.25, 0.3) is 0 Å². The van der Waals surface area contributed by atoms with Crippen LogP contribution in [-0.2, 0) is 6.54 Å². The smallest absolute Gasteiger partial charge is 0.133 e. The Morgan fingerprint density at radius 1 is 1.32 bits per heavy atom. The van der Waals surface area contributed by atoms with Crippen molar-refractivity contribution in [3.8, 4) is 0 Å². The van der Waals surface area contributed by atoms with Gasteiger partial charge in [-0.15, -0.1) is 0 Å². The molecule has 0 saturated carbocycles. The molecule has 3 heteroatoms. The summed E-state index contributed by atoms with van der Waals surface area (Å²) in [4.78, 5) is 7.22. The highest BCUT2D eigenvalue weighted by Crippen LogP contribution is 2.25. The monoisotopic (exact) mass is 259 g/mol. The molecular weight excluding hydrogens is 234 g/mol. The maximum atomic E-state index is 4.80. The van der Waals surface area contributed by atoms with Gasteiger partial charge in [0.1, 0.15) is 5.82 Å². The minimum absolute atomic E-state index is 0.907. The van der Waals surface area contributed by atoms with Gasteiger partial charge in [0.05, 0.1) is 0 Å². The molecule has 2 rings (SSSR count). The van der Waals surface area contributed by atoms with Gasteiger partial charge < -0.3 is 10.2 Å². The third-order valence-electron chi connectivity index (χ3n) is 3.64. The number of nitrogens with one attached hydrogen (secondary N) is 1. The van der Waals surface area contributed by atoms with Gasteiger partial charge in [0.25, 0.3) is 0 Å². The predicted molar refractivity (Wildman–Crippen MR) is 81.7 cm³/mol. The topological polar surface area (TPSA) is 28.2 Å². The number of nitrogens with zero attached hydrogens (tertiary/aromatic N) is 2. The lowest BCUT2D eigenvalue weighted by atomic mass is 10.1. The van der Waals surface area contributed by atoms with E-state index in [1.165, 1.54) is 22.5 Å². The first-order chi connectivity index (χ1) is 9.11. The van der Waals surface area contributed by atoms with Crippen molar-refractivity contribution < 1.29 is 0 Å². The summed E-state index contributed by atoms with van der Waals surface area (Å²) in [6.45, 7) is 12.6. The SMILES string of the molecule is CCNCc1c(C)cc(C)nc1N1CCC=C(C)C1. The van der Waals surface area contributed by atoms with Crippen molar-refractivity contribution in [2.24, 2.45) is 0 Å². The Morgan fingerprint density at radius 3 is 2.79 bits per heavy atom. The van der Waals surface area contributed by atoms with E-state index in [-0.39, 0.29) is 0 Å². The minimum atomic E-state index is 0.907. The summed E-state index contributed by atoms with van der Waals surface area (Å²) in [7, 11) is 0. The van der Waals surface area contributed by atoms with Crippen LogP contribution in [0.3, 0.4) is 0 Å². The lowest BCUT2D eigenvalue weighted by molar-refractivity contribution is 0.705. The molecule has 1 aliphatic heterocycles. The maximum Gasteiger partial charge on any atom is 0.133 e. The molecular formula is C16H25N3. The summed E-state index contributed by atoms with van der Waals surface area (Å²) in [5, 5.41) is 3.43. The number of anilines is 1. The molecule has 0 radical (unpaired) electrons. The Labute approximate surface area is 116 Å². The van der Waals surface area contributed by atoms with Gasteiger partial charge in [0.2, 0.25) is 0 Å². The average Bonchev–Trinajstić information content (AvgIpc) is 2.37. The van der Waals surface area contributed by atoms with Gasteiger partial charge in [-0.3, -0.25) is 0 Å². The number of pyridine rings is 1. The van der Waals surface area contributed by atoms with Gasteiger partial charge in [0, 0.05) is 30.9 Å². The minimum Gasteiger partial charge on any atom is -0.352 e. The van der Waals surface area contributed by atoms with Crippen LogP contribution in [0.4, 0.5) is 5.82 Å². The highest BCUT2D eigenvalue weighted by molar-refractivity contribution is 5.53. The quantitative estimate of drug-likeness (QED) is 0.843. The zero-order chi connectivity index (χ0) is 13.8. The normalized spacial score (nSPS) is 15.6. The van der Waals surface area contributed by atoms with Gasteiger partial charge in [-0.2, -0.15) is 0 Å². The Morgan fingerprint density at radius 2 is 2.11 bits per heavy atom. The van der Waals surface area contributed by atoms with Crippen molar-refractivity contribution in [1.29, 1.82) is 0 Å². The van der Waals surface area contributed by atoms with Gasteiger partial charge in [-0.25, -0.2) is 4.98 Å². The highest BCUT2D eigenvalue weighted by Gasteiger charge is 2.17. The predicted octanol–water partition coefficient (Wildman–Crippen LogP) is 2.96. The maximum absolute atomic E-state index is 4.80. The molecule has 1 aromatic rings. The zero-order valence-corrected chi connectivity index (χ0v) is 12.6. The van der Waals surface area contributed by atoms with Gasteiger partial charge in [0.15, 0.2) is 0 Å². The molecule has 0 unspecified atom stereocenters. The Kier molecular flexibility index (Phi) is 4.59. The standard InChI is InChI=1S/C16H25N3/c1-5-17-10-15-13(3)9-14(4)18-16(15)19-8-6-7-12(2)11-19/h7,9,17H,5-6,8,10-11H2,1-4H3. The molecule has 19 heavy (non-hydrogen) atoms.